The number of nitrogens with one attached hydrogen (secondary N) is 1. The van der Waals surface area contributed by atoms with Crippen molar-refractivity contribution in [2.24, 2.45) is 17.6 Å². The molecule has 0 aliphatic heterocycles. The van der Waals surface area contributed by atoms with E-state index < -0.39 is 0 Å². The third-order valence-electron chi connectivity index (χ3n) is 3.80. The van der Waals surface area contributed by atoms with E-state index in [9.17, 15) is 4.79 Å². The Morgan fingerprint density at radius 1 is 1.50 bits per heavy atom. The Balaban J connectivity index is 2.52. The van der Waals surface area contributed by atoms with Gasteiger partial charge < -0.3 is 15.8 Å². The lowest BCUT2D eigenvalue weighted by molar-refractivity contribution is -0.121. The highest BCUT2D eigenvalue weighted by Crippen LogP contribution is 2.29. The minimum Gasteiger partial charge on any atom is -0.383 e. The smallest absolute Gasteiger partial charge is 0.236 e. The first kappa shape index (κ1) is 13.5. The Labute approximate surface area is 97.9 Å². The van der Waals surface area contributed by atoms with Gasteiger partial charge in [-0.2, -0.15) is 0 Å². The number of nitrogens with two attached hydrogens (primary N) is 1. The van der Waals surface area contributed by atoms with Crippen molar-refractivity contribution >= 4 is 5.91 Å². The molecule has 0 aromatic rings. The minimum atomic E-state index is -0.359. The fraction of sp³-hybridized carbons (Fsp3) is 0.917. The van der Waals surface area contributed by atoms with Crippen molar-refractivity contribution in [3.8, 4) is 0 Å². The van der Waals surface area contributed by atoms with Crippen molar-refractivity contribution in [3.05, 3.63) is 0 Å². The maximum absolute atomic E-state index is 11.2. The first-order valence-electron chi connectivity index (χ1n) is 6.10. The Kier molecular flexibility index (Phi) is 5.22. The van der Waals surface area contributed by atoms with E-state index in [1.807, 2.05) is 0 Å². The second-order valence-electron chi connectivity index (χ2n) is 4.95. The third kappa shape index (κ3) is 3.46. The minimum absolute atomic E-state index is 0.327. The van der Waals surface area contributed by atoms with Gasteiger partial charge in [0.1, 0.15) is 6.04 Å². The highest BCUT2D eigenvalue weighted by molar-refractivity contribution is 5.80. The maximum Gasteiger partial charge on any atom is 0.236 e. The van der Waals surface area contributed by atoms with Crippen LogP contribution in [0.4, 0.5) is 0 Å². The van der Waals surface area contributed by atoms with Gasteiger partial charge in [0, 0.05) is 13.2 Å². The summed E-state index contributed by atoms with van der Waals surface area (Å²) in [6.45, 7) is 4.87. The fourth-order valence-corrected chi connectivity index (χ4v) is 2.45. The molecular weight excluding hydrogens is 204 g/mol. The van der Waals surface area contributed by atoms with Crippen LogP contribution in [-0.4, -0.2) is 31.7 Å². The molecule has 0 aromatic carbocycles. The number of hydrogen-bond acceptors (Lipinski definition) is 3. The lowest BCUT2D eigenvalue weighted by atomic mass is 9.78. The summed E-state index contributed by atoms with van der Waals surface area (Å²) < 4.78 is 5.01. The monoisotopic (exact) mass is 228 g/mol. The van der Waals surface area contributed by atoms with Crippen LogP contribution in [-0.2, 0) is 9.53 Å². The topological polar surface area (TPSA) is 64.3 Å². The number of primary amides is 1. The van der Waals surface area contributed by atoms with Gasteiger partial charge in [0.25, 0.3) is 0 Å². The van der Waals surface area contributed by atoms with Crippen LogP contribution in [0.3, 0.4) is 0 Å². The molecule has 16 heavy (non-hydrogen) atoms. The quantitative estimate of drug-likeness (QED) is 0.735. The van der Waals surface area contributed by atoms with Crippen molar-refractivity contribution in [2.75, 3.05) is 13.7 Å². The van der Waals surface area contributed by atoms with Gasteiger partial charge >= 0.3 is 0 Å². The van der Waals surface area contributed by atoms with Crippen LogP contribution < -0.4 is 11.1 Å². The molecule has 1 amide bonds. The highest BCUT2D eigenvalue weighted by atomic mass is 16.5. The highest BCUT2D eigenvalue weighted by Gasteiger charge is 2.29. The molecule has 0 spiro atoms. The van der Waals surface area contributed by atoms with Crippen LogP contribution in [0.2, 0.25) is 0 Å². The molecular formula is C12H24N2O2. The molecule has 1 aliphatic rings. The Bertz CT molecular complexity index is 233. The van der Waals surface area contributed by atoms with Crippen LogP contribution in [0.5, 0.6) is 0 Å². The molecule has 4 heteroatoms. The Morgan fingerprint density at radius 3 is 2.75 bits per heavy atom. The van der Waals surface area contributed by atoms with Crippen molar-refractivity contribution in [1.82, 2.24) is 5.32 Å². The number of carbonyl (C=O) groups is 1. The largest absolute Gasteiger partial charge is 0.383 e. The molecule has 0 radical (unpaired) electrons. The van der Waals surface area contributed by atoms with Crippen molar-refractivity contribution in [3.63, 3.8) is 0 Å². The summed E-state index contributed by atoms with van der Waals surface area (Å²) in [5, 5.41) is 3.34. The lowest BCUT2D eigenvalue weighted by Gasteiger charge is -2.36. The molecule has 4 nitrogen and oxygen atoms in total. The van der Waals surface area contributed by atoms with Crippen molar-refractivity contribution in [2.45, 2.75) is 45.2 Å². The molecule has 0 bridgehead atoms. The lowest BCUT2D eigenvalue weighted by Crippen LogP contribution is -2.52. The van der Waals surface area contributed by atoms with Gasteiger partial charge in [0.15, 0.2) is 0 Å². The number of rotatable bonds is 5. The molecule has 4 atom stereocenters. The van der Waals surface area contributed by atoms with E-state index in [1.54, 1.807) is 7.11 Å². The summed E-state index contributed by atoms with van der Waals surface area (Å²) in [6, 6.07) is 0.0270. The number of hydrogen-bond donors (Lipinski definition) is 2. The summed E-state index contributed by atoms with van der Waals surface area (Å²) in [5.74, 6) is 0.974. The zero-order valence-electron chi connectivity index (χ0n) is 10.5. The molecule has 94 valence electrons. The summed E-state index contributed by atoms with van der Waals surface area (Å²) in [4.78, 5) is 11.2. The normalized spacial score (nSPS) is 32.3. The van der Waals surface area contributed by atoms with E-state index in [-0.39, 0.29) is 11.9 Å². The predicted molar refractivity (Wildman–Crippen MR) is 64.0 cm³/mol. The number of ether oxygens (including phenoxy) is 1. The van der Waals surface area contributed by atoms with Gasteiger partial charge in [-0.15, -0.1) is 0 Å². The van der Waals surface area contributed by atoms with E-state index in [4.69, 9.17) is 10.5 Å². The van der Waals surface area contributed by atoms with Gasteiger partial charge in [-0.25, -0.2) is 0 Å². The first-order valence-corrected chi connectivity index (χ1v) is 6.10. The van der Waals surface area contributed by atoms with Gasteiger partial charge in [0.05, 0.1) is 6.61 Å². The van der Waals surface area contributed by atoms with Crippen LogP contribution in [0, 0.1) is 11.8 Å². The Morgan fingerprint density at radius 2 is 2.19 bits per heavy atom. The number of methoxy groups -OCH3 is 1. The van der Waals surface area contributed by atoms with E-state index in [0.29, 0.717) is 24.5 Å². The number of amides is 1. The van der Waals surface area contributed by atoms with E-state index in [2.05, 4.69) is 19.2 Å². The van der Waals surface area contributed by atoms with E-state index in [1.165, 1.54) is 12.8 Å². The molecule has 3 N–H and O–H groups in total. The molecule has 4 unspecified atom stereocenters. The van der Waals surface area contributed by atoms with E-state index in [0.717, 1.165) is 6.42 Å². The van der Waals surface area contributed by atoms with E-state index >= 15 is 0 Å². The third-order valence-corrected chi connectivity index (χ3v) is 3.80. The predicted octanol–water partition coefficient (Wildman–Crippen LogP) is 0.901. The molecule has 1 fully saturated rings. The fourth-order valence-electron chi connectivity index (χ4n) is 2.45. The first-order chi connectivity index (χ1) is 7.56. The standard InChI is InChI=1S/C12H24N2O2/c1-8-5-4-6-10(9(8)2)14-11(7-16-3)12(13)15/h8-11,14H,4-7H2,1-3H3,(H2,13,15). The van der Waals surface area contributed by atoms with Crippen LogP contribution in [0.25, 0.3) is 0 Å². The summed E-state index contributed by atoms with van der Waals surface area (Å²) in [7, 11) is 1.59. The average Bonchev–Trinajstić information content (AvgIpc) is 2.23. The zero-order chi connectivity index (χ0) is 12.1. The molecule has 0 heterocycles. The SMILES string of the molecule is COCC(NC1CCCC(C)C1C)C(N)=O. The molecule has 1 aliphatic carbocycles. The molecule has 1 rings (SSSR count). The number of carbonyl (C=O) groups excluding carboxylic acids is 1. The summed E-state index contributed by atoms with van der Waals surface area (Å²) in [5.41, 5.74) is 5.34. The Hall–Kier alpha value is -0.610. The average molecular weight is 228 g/mol. The molecule has 1 saturated carbocycles. The second kappa shape index (κ2) is 6.21. The van der Waals surface area contributed by atoms with Crippen LogP contribution in [0.15, 0.2) is 0 Å². The zero-order valence-corrected chi connectivity index (χ0v) is 10.5. The van der Waals surface area contributed by atoms with Gasteiger partial charge in [0.2, 0.25) is 5.91 Å². The van der Waals surface area contributed by atoms with Crippen molar-refractivity contribution in [1.29, 1.82) is 0 Å². The second-order valence-corrected chi connectivity index (χ2v) is 4.95. The van der Waals surface area contributed by atoms with Crippen LogP contribution >= 0.6 is 0 Å². The maximum atomic E-state index is 11.2. The van der Waals surface area contributed by atoms with Gasteiger partial charge in [-0.05, 0) is 18.3 Å². The summed E-state index contributed by atoms with van der Waals surface area (Å²) in [6.07, 6.45) is 3.63. The van der Waals surface area contributed by atoms with Crippen molar-refractivity contribution < 1.29 is 9.53 Å². The summed E-state index contributed by atoms with van der Waals surface area (Å²) >= 11 is 0. The molecule has 0 aromatic heterocycles. The van der Waals surface area contributed by atoms with Crippen LogP contribution in [0.1, 0.15) is 33.1 Å². The van der Waals surface area contributed by atoms with Gasteiger partial charge in [-0.1, -0.05) is 26.7 Å². The van der Waals surface area contributed by atoms with Gasteiger partial charge in [-0.3, -0.25) is 4.79 Å². The molecule has 0 saturated heterocycles.